The van der Waals surface area contributed by atoms with Gasteiger partial charge in [0.2, 0.25) is 0 Å². The molecular formula is C24H36O6. The van der Waals surface area contributed by atoms with E-state index in [0.29, 0.717) is 45.1 Å². The quantitative estimate of drug-likeness (QED) is 0.510. The molecule has 1 heterocycles. The Bertz CT molecular complexity index is 795. The zero-order valence-corrected chi connectivity index (χ0v) is 18.2. The van der Waals surface area contributed by atoms with E-state index >= 15 is 0 Å². The molecule has 168 valence electrons. The summed E-state index contributed by atoms with van der Waals surface area (Å²) in [6.45, 7) is 4.56. The second-order valence-electron chi connectivity index (χ2n) is 11.4. The zero-order valence-electron chi connectivity index (χ0n) is 18.2. The number of hydrogen-bond acceptors (Lipinski definition) is 6. The fourth-order valence-electron chi connectivity index (χ4n) is 9.07. The third-order valence-electron chi connectivity index (χ3n) is 10.7. The first-order chi connectivity index (χ1) is 14.1. The van der Waals surface area contributed by atoms with Crippen molar-refractivity contribution in [3.8, 4) is 0 Å². The smallest absolute Gasteiger partial charge is 0.331 e. The van der Waals surface area contributed by atoms with Gasteiger partial charge in [0.05, 0.1) is 23.9 Å². The van der Waals surface area contributed by atoms with E-state index in [9.17, 15) is 25.2 Å². The van der Waals surface area contributed by atoms with Gasteiger partial charge in [-0.05, 0) is 68.8 Å². The number of hydrogen-bond donors (Lipinski definition) is 4. The Hall–Kier alpha value is -0.950. The average Bonchev–Trinajstić information content (AvgIpc) is 3.23. The molecule has 6 nitrogen and oxygen atoms in total. The lowest BCUT2D eigenvalue weighted by molar-refractivity contribution is -0.303. The van der Waals surface area contributed by atoms with Gasteiger partial charge in [-0.25, -0.2) is 4.79 Å². The van der Waals surface area contributed by atoms with Crippen LogP contribution in [0.15, 0.2) is 11.6 Å². The third-order valence-corrected chi connectivity index (χ3v) is 10.7. The van der Waals surface area contributed by atoms with E-state index in [1.807, 2.05) is 0 Å². The van der Waals surface area contributed by atoms with Crippen LogP contribution in [0.1, 0.15) is 71.6 Å². The molecule has 1 aliphatic heterocycles. The molecule has 0 saturated heterocycles. The van der Waals surface area contributed by atoms with Crippen molar-refractivity contribution in [2.75, 3.05) is 13.2 Å². The van der Waals surface area contributed by atoms with Gasteiger partial charge in [-0.2, -0.15) is 0 Å². The number of fused-ring (bicyclic) bond motifs is 5. The molecule has 30 heavy (non-hydrogen) atoms. The molecule has 0 amide bonds. The second kappa shape index (κ2) is 6.31. The largest absolute Gasteiger partial charge is 0.458 e. The van der Waals surface area contributed by atoms with Crippen LogP contribution >= 0.6 is 0 Å². The van der Waals surface area contributed by atoms with Crippen molar-refractivity contribution >= 4 is 5.97 Å². The summed E-state index contributed by atoms with van der Waals surface area (Å²) in [5, 5.41) is 44.9. The number of esters is 1. The van der Waals surface area contributed by atoms with Gasteiger partial charge in [0.1, 0.15) is 6.61 Å². The van der Waals surface area contributed by atoms with Crippen LogP contribution in [-0.4, -0.2) is 56.9 Å². The maximum absolute atomic E-state index is 12.4. The van der Waals surface area contributed by atoms with E-state index in [0.717, 1.165) is 24.8 Å². The second-order valence-corrected chi connectivity index (χ2v) is 11.4. The van der Waals surface area contributed by atoms with Gasteiger partial charge in [-0.15, -0.1) is 0 Å². The normalized spacial score (nSPS) is 55.3. The van der Waals surface area contributed by atoms with Crippen LogP contribution in [-0.2, 0) is 9.53 Å². The minimum atomic E-state index is -1.08. The van der Waals surface area contributed by atoms with Gasteiger partial charge < -0.3 is 25.2 Å². The first kappa shape index (κ1) is 20.9. The molecule has 0 aromatic carbocycles. The van der Waals surface area contributed by atoms with Gasteiger partial charge in [0.25, 0.3) is 0 Å². The number of cyclic esters (lactones) is 1. The number of aliphatic hydroxyl groups excluding tert-OH is 2. The van der Waals surface area contributed by atoms with Crippen molar-refractivity contribution in [1.82, 2.24) is 0 Å². The number of ether oxygens (including phenoxy) is 1. The summed E-state index contributed by atoms with van der Waals surface area (Å²) in [5.74, 6) is -0.175. The van der Waals surface area contributed by atoms with Crippen LogP contribution in [0.5, 0.6) is 0 Å². The Kier molecular flexibility index (Phi) is 4.40. The first-order valence-electron chi connectivity index (χ1n) is 11.7. The zero-order chi connectivity index (χ0) is 21.6. The van der Waals surface area contributed by atoms with Gasteiger partial charge in [0, 0.05) is 28.7 Å². The van der Waals surface area contributed by atoms with Crippen LogP contribution in [0.25, 0.3) is 0 Å². The predicted octanol–water partition coefficient (Wildman–Crippen LogP) is 2.08. The molecule has 0 aromatic heterocycles. The van der Waals surface area contributed by atoms with E-state index in [4.69, 9.17) is 4.74 Å². The van der Waals surface area contributed by atoms with Crippen LogP contribution in [0.3, 0.4) is 0 Å². The Morgan fingerprint density at radius 3 is 2.47 bits per heavy atom. The monoisotopic (exact) mass is 420 g/mol. The molecule has 4 aliphatic carbocycles. The molecule has 0 bridgehead atoms. The number of aliphatic hydroxyl groups is 4. The van der Waals surface area contributed by atoms with E-state index in [1.165, 1.54) is 0 Å². The maximum atomic E-state index is 12.4. The molecule has 4 fully saturated rings. The number of carbonyl (C=O) groups is 1. The Morgan fingerprint density at radius 1 is 1.03 bits per heavy atom. The SMILES string of the molecule is CC12CCC3C(C)(CCC4(O)CC(O)CCC34CO)C1(O)CCC2C1=CC(=O)OC1. The van der Waals surface area contributed by atoms with Crippen LogP contribution in [0.4, 0.5) is 0 Å². The molecule has 0 spiro atoms. The predicted molar refractivity (Wildman–Crippen MR) is 109 cm³/mol. The van der Waals surface area contributed by atoms with E-state index in [2.05, 4.69) is 13.8 Å². The number of rotatable bonds is 2. The molecule has 0 aromatic rings. The fraction of sp³-hybridized carbons (Fsp3) is 0.875. The summed E-state index contributed by atoms with van der Waals surface area (Å²) >= 11 is 0. The highest BCUT2D eigenvalue weighted by atomic mass is 16.5. The van der Waals surface area contributed by atoms with E-state index in [1.54, 1.807) is 6.08 Å². The molecule has 4 saturated carbocycles. The standard InChI is InChI=1S/C24H36O6/c1-20-6-5-18-21(2,9-10-23(28)12-16(26)3-7-22(18,23)14-25)24(20,29)8-4-17(20)15-11-19(27)30-13-15/h11,16-18,25-26,28-29H,3-10,12-14H2,1-2H3. The molecule has 4 N–H and O–H groups in total. The van der Waals surface area contributed by atoms with Gasteiger partial charge in [-0.1, -0.05) is 13.8 Å². The maximum Gasteiger partial charge on any atom is 0.331 e. The van der Waals surface area contributed by atoms with Crippen molar-refractivity contribution in [2.24, 2.45) is 28.1 Å². The Labute approximate surface area is 178 Å². The summed E-state index contributed by atoms with van der Waals surface area (Å²) in [4.78, 5) is 11.7. The highest BCUT2D eigenvalue weighted by Gasteiger charge is 2.75. The summed E-state index contributed by atoms with van der Waals surface area (Å²) in [6, 6.07) is 0. The third kappa shape index (κ3) is 2.26. The Balaban J connectivity index is 1.56. The van der Waals surface area contributed by atoms with E-state index < -0.39 is 28.1 Å². The van der Waals surface area contributed by atoms with Crippen LogP contribution in [0.2, 0.25) is 0 Å². The molecule has 8 atom stereocenters. The topological polar surface area (TPSA) is 107 Å². The fourth-order valence-corrected chi connectivity index (χ4v) is 9.07. The summed E-state index contributed by atoms with van der Waals surface area (Å²) < 4.78 is 5.19. The summed E-state index contributed by atoms with van der Waals surface area (Å²) in [5.41, 5.74) is -2.49. The van der Waals surface area contributed by atoms with Gasteiger partial charge in [0.15, 0.2) is 0 Å². The lowest BCUT2D eigenvalue weighted by Crippen LogP contribution is -2.73. The van der Waals surface area contributed by atoms with Crippen molar-refractivity contribution in [3.63, 3.8) is 0 Å². The molecular weight excluding hydrogens is 384 g/mol. The minimum Gasteiger partial charge on any atom is -0.458 e. The lowest BCUT2D eigenvalue weighted by atomic mass is 9.36. The van der Waals surface area contributed by atoms with Gasteiger partial charge in [-0.3, -0.25) is 0 Å². The Morgan fingerprint density at radius 2 is 1.80 bits per heavy atom. The first-order valence-corrected chi connectivity index (χ1v) is 11.7. The minimum absolute atomic E-state index is 0.00601. The average molecular weight is 421 g/mol. The van der Waals surface area contributed by atoms with E-state index in [-0.39, 0.29) is 29.8 Å². The molecule has 8 unspecified atom stereocenters. The molecule has 6 heteroatoms. The molecule has 0 radical (unpaired) electrons. The van der Waals surface area contributed by atoms with Crippen LogP contribution < -0.4 is 0 Å². The summed E-state index contributed by atoms with van der Waals surface area (Å²) in [7, 11) is 0. The highest BCUT2D eigenvalue weighted by molar-refractivity contribution is 5.85. The molecule has 5 aliphatic rings. The summed E-state index contributed by atoms with van der Waals surface area (Å²) in [6.07, 6.45) is 6.85. The van der Waals surface area contributed by atoms with Crippen molar-refractivity contribution < 1.29 is 30.0 Å². The van der Waals surface area contributed by atoms with Gasteiger partial charge >= 0.3 is 5.97 Å². The highest BCUT2D eigenvalue weighted by Crippen LogP contribution is 2.75. The molecule has 5 rings (SSSR count). The van der Waals surface area contributed by atoms with Crippen molar-refractivity contribution in [2.45, 2.75) is 88.9 Å². The van der Waals surface area contributed by atoms with Crippen molar-refractivity contribution in [3.05, 3.63) is 11.6 Å². The van der Waals surface area contributed by atoms with Crippen LogP contribution in [0, 0.1) is 28.1 Å². The number of carbonyl (C=O) groups excluding carboxylic acids is 1. The lowest BCUT2D eigenvalue weighted by Gasteiger charge is -2.70. The van der Waals surface area contributed by atoms with Crippen molar-refractivity contribution in [1.29, 1.82) is 0 Å².